The molecule has 3 nitrogen and oxygen atoms in total. The minimum Gasteiger partial charge on any atom is -0.459 e. The average Bonchev–Trinajstić information content (AvgIpc) is 2.09. The number of anilines is 1. The van der Waals surface area contributed by atoms with E-state index in [1.807, 2.05) is 13.8 Å². The lowest BCUT2D eigenvalue weighted by Crippen LogP contribution is -2.13. The van der Waals surface area contributed by atoms with Gasteiger partial charge in [-0.25, -0.2) is 4.79 Å². The number of benzene rings is 1. The van der Waals surface area contributed by atoms with Crippen LogP contribution in [0.5, 0.6) is 0 Å². The van der Waals surface area contributed by atoms with E-state index < -0.39 is 0 Å². The van der Waals surface area contributed by atoms with E-state index in [0.717, 1.165) is 10.0 Å². The van der Waals surface area contributed by atoms with E-state index in [0.29, 0.717) is 11.3 Å². The number of nitrogens with two attached hydrogens (primary N) is 1. The molecule has 0 aliphatic carbocycles. The molecular weight excluding hydrogens is 258 g/mol. The van der Waals surface area contributed by atoms with Gasteiger partial charge in [0.2, 0.25) is 0 Å². The second kappa shape index (κ2) is 4.66. The number of rotatable bonds is 2. The normalized spacial score (nSPS) is 10.5. The Bertz CT molecular complexity index is 388. The monoisotopic (exact) mass is 271 g/mol. The summed E-state index contributed by atoms with van der Waals surface area (Å²) >= 11 is 3.29. The molecule has 0 atom stereocenters. The summed E-state index contributed by atoms with van der Waals surface area (Å²) in [6.45, 7) is 5.43. The van der Waals surface area contributed by atoms with Crippen LogP contribution in [0.2, 0.25) is 0 Å². The quantitative estimate of drug-likeness (QED) is 0.665. The summed E-state index contributed by atoms with van der Waals surface area (Å²) in [4.78, 5) is 11.7. The number of hydrogen-bond donors (Lipinski definition) is 1. The first-order valence-corrected chi connectivity index (χ1v) is 5.47. The Morgan fingerprint density at radius 2 is 2.07 bits per heavy atom. The molecule has 0 saturated carbocycles. The van der Waals surface area contributed by atoms with E-state index >= 15 is 0 Å². The molecule has 0 aliphatic heterocycles. The third-order valence-electron chi connectivity index (χ3n) is 1.98. The summed E-state index contributed by atoms with van der Waals surface area (Å²) < 4.78 is 5.89. The molecule has 0 spiro atoms. The highest BCUT2D eigenvalue weighted by Gasteiger charge is 2.14. The molecule has 2 N–H and O–H groups in total. The van der Waals surface area contributed by atoms with Crippen molar-refractivity contribution in [2.24, 2.45) is 0 Å². The fourth-order valence-corrected chi connectivity index (χ4v) is 1.67. The van der Waals surface area contributed by atoms with Gasteiger partial charge in [-0.15, -0.1) is 0 Å². The van der Waals surface area contributed by atoms with E-state index in [1.165, 1.54) is 0 Å². The van der Waals surface area contributed by atoms with Gasteiger partial charge in [0.05, 0.1) is 11.7 Å². The fraction of sp³-hybridized carbons (Fsp3) is 0.364. The molecule has 15 heavy (non-hydrogen) atoms. The number of carbonyl (C=O) groups is 1. The van der Waals surface area contributed by atoms with Gasteiger partial charge in [0, 0.05) is 10.2 Å². The van der Waals surface area contributed by atoms with Crippen LogP contribution in [0.1, 0.15) is 29.8 Å². The third-order valence-corrected chi connectivity index (χ3v) is 2.43. The van der Waals surface area contributed by atoms with Gasteiger partial charge in [-0.05, 0) is 38.5 Å². The molecule has 82 valence electrons. The molecule has 0 bridgehead atoms. The van der Waals surface area contributed by atoms with Crippen molar-refractivity contribution in [2.45, 2.75) is 26.9 Å². The first kappa shape index (κ1) is 12.0. The summed E-state index contributed by atoms with van der Waals surface area (Å²) in [5.41, 5.74) is 7.60. The highest BCUT2D eigenvalue weighted by molar-refractivity contribution is 9.10. The minimum atomic E-state index is -0.337. The highest BCUT2D eigenvalue weighted by Crippen LogP contribution is 2.23. The summed E-state index contributed by atoms with van der Waals surface area (Å²) in [5.74, 6) is -0.337. The van der Waals surface area contributed by atoms with Crippen molar-refractivity contribution in [3.63, 3.8) is 0 Å². The number of hydrogen-bond acceptors (Lipinski definition) is 3. The zero-order chi connectivity index (χ0) is 11.6. The Labute approximate surface area is 97.7 Å². The molecule has 0 unspecified atom stereocenters. The number of nitrogen functional groups attached to an aromatic ring is 1. The first-order chi connectivity index (χ1) is 6.91. The SMILES string of the molecule is Cc1c(N)cc(Br)cc1C(=O)OC(C)C. The van der Waals surface area contributed by atoms with Crippen molar-refractivity contribution in [1.29, 1.82) is 0 Å². The largest absolute Gasteiger partial charge is 0.459 e. The van der Waals surface area contributed by atoms with Gasteiger partial charge in [0.25, 0.3) is 0 Å². The van der Waals surface area contributed by atoms with Gasteiger partial charge in [-0.2, -0.15) is 0 Å². The second-order valence-electron chi connectivity index (χ2n) is 3.62. The lowest BCUT2D eigenvalue weighted by Gasteiger charge is -2.11. The molecular formula is C11H14BrNO2. The maximum atomic E-state index is 11.7. The molecule has 0 radical (unpaired) electrons. The molecule has 0 aliphatic rings. The fourth-order valence-electron chi connectivity index (χ4n) is 1.19. The number of esters is 1. The molecule has 1 aromatic carbocycles. The lowest BCUT2D eigenvalue weighted by atomic mass is 10.1. The van der Waals surface area contributed by atoms with E-state index in [-0.39, 0.29) is 12.1 Å². The van der Waals surface area contributed by atoms with Crippen molar-refractivity contribution < 1.29 is 9.53 Å². The van der Waals surface area contributed by atoms with Crippen LogP contribution in [0.25, 0.3) is 0 Å². The standard InChI is InChI=1S/C11H14BrNO2/c1-6(2)15-11(14)9-4-8(12)5-10(13)7(9)3/h4-6H,13H2,1-3H3. The Hall–Kier alpha value is -1.03. The van der Waals surface area contributed by atoms with E-state index in [1.54, 1.807) is 19.1 Å². The Morgan fingerprint density at radius 1 is 1.47 bits per heavy atom. The zero-order valence-electron chi connectivity index (χ0n) is 9.00. The Balaban J connectivity index is 3.08. The van der Waals surface area contributed by atoms with Gasteiger partial charge in [-0.3, -0.25) is 0 Å². The second-order valence-corrected chi connectivity index (χ2v) is 4.54. The summed E-state index contributed by atoms with van der Waals surface area (Å²) in [6, 6.07) is 3.48. The molecule has 0 amide bonds. The lowest BCUT2D eigenvalue weighted by molar-refractivity contribution is 0.0377. The molecule has 4 heteroatoms. The maximum absolute atomic E-state index is 11.7. The smallest absolute Gasteiger partial charge is 0.338 e. The number of ether oxygens (including phenoxy) is 1. The number of halogens is 1. The van der Waals surface area contributed by atoms with Crippen molar-refractivity contribution in [1.82, 2.24) is 0 Å². The summed E-state index contributed by atoms with van der Waals surface area (Å²) in [7, 11) is 0. The molecule has 1 rings (SSSR count). The van der Waals surface area contributed by atoms with Crippen LogP contribution in [0.3, 0.4) is 0 Å². The van der Waals surface area contributed by atoms with Gasteiger partial charge in [0.15, 0.2) is 0 Å². The van der Waals surface area contributed by atoms with Gasteiger partial charge < -0.3 is 10.5 Å². The van der Waals surface area contributed by atoms with Crippen LogP contribution < -0.4 is 5.73 Å². The van der Waals surface area contributed by atoms with Crippen LogP contribution in [-0.4, -0.2) is 12.1 Å². The summed E-state index contributed by atoms with van der Waals surface area (Å²) in [6.07, 6.45) is -0.128. The van der Waals surface area contributed by atoms with E-state index in [9.17, 15) is 4.79 Å². The predicted octanol–water partition coefficient (Wildman–Crippen LogP) is 2.90. The molecule has 0 heterocycles. The van der Waals surface area contributed by atoms with Gasteiger partial charge in [0.1, 0.15) is 0 Å². The highest BCUT2D eigenvalue weighted by atomic mass is 79.9. The predicted molar refractivity (Wildman–Crippen MR) is 63.8 cm³/mol. The van der Waals surface area contributed by atoms with E-state index in [2.05, 4.69) is 15.9 Å². The van der Waals surface area contributed by atoms with Crippen molar-refractivity contribution >= 4 is 27.6 Å². The topological polar surface area (TPSA) is 52.3 Å². The van der Waals surface area contributed by atoms with E-state index in [4.69, 9.17) is 10.5 Å². The molecule has 0 saturated heterocycles. The first-order valence-electron chi connectivity index (χ1n) is 4.68. The van der Waals surface area contributed by atoms with Crippen molar-refractivity contribution in [3.8, 4) is 0 Å². The van der Waals surface area contributed by atoms with Gasteiger partial charge in [-0.1, -0.05) is 15.9 Å². The average molecular weight is 272 g/mol. The van der Waals surface area contributed by atoms with Crippen LogP contribution in [0.4, 0.5) is 5.69 Å². The van der Waals surface area contributed by atoms with Crippen molar-refractivity contribution in [2.75, 3.05) is 5.73 Å². The maximum Gasteiger partial charge on any atom is 0.338 e. The third kappa shape index (κ3) is 2.96. The van der Waals surface area contributed by atoms with Crippen LogP contribution >= 0.6 is 15.9 Å². The summed E-state index contributed by atoms with van der Waals surface area (Å²) in [5, 5.41) is 0. The molecule has 1 aromatic rings. The Kier molecular flexibility index (Phi) is 3.74. The Morgan fingerprint density at radius 3 is 2.60 bits per heavy atom. The van der Waals surface area contributed by atoms with Crippen LogP contribution in [-0.2, 0) is 4.74 Å². The molecule has 0 aromatic heterocycles. The van der Waals surface area contributed by atoms with Gasteiger partial charge >= 0.3 is 5.97 Å². The van der Waals surface area contributed by atoms with Crippen LogP contribution in [0, 0.1) is 6.92 Å². The minimum absolute atomic E-state index is 0.128. The molecule has 0 fully saturated rings. The number of carbonyl (C=O) groups excluding carboxylic acids is 1. The van der Waals surface area contributed by atoms with Crippen molar-refractivity contribution in [3.05, 3.63) is 27.7 Å². The zero-order valence-corrected chi connectivity index (χ0v) is 10.6. The van der Waals surface area contributed by atoms with Crippen LogP contribution in [0.15, 0.2) is 16.6 Å².